The number of hydrogen-bond donors (Lipinski definition) is 0. The molecule has 0 atom stereocenters. The van der Waals surface area contributed by atoms with Crippen molar-refractivity contribution in [3.63, 3.8) is 0 Å². The average molecular weight is 499 g/mol. The normalized spacial score (nSPS) is 9.92. The maximum atomic E-state index is 10.6. The molecule has 0 fully saturated rings. The van der Waals surface area contributed by atoms with Gasteiger partial charge in [-0.2, -0.15) is 0 Å². The van der Waals surface area contributed by atoms with Gasteiger partial charge in [-0.1, -0.05) is 0 Å². The third kappa shape index (κ3) is 2.44. The van der Waals surface area contributed by atoms with Gasteiger partial charge in [0.05, 0.1) is 5.97 Å². The number of rotatable bonds is 1. The summed E-state index contributed by atoms with van der Waals surface area (Å²) in [6, 6.07) is 3.63. The first kappa shape index (κ1) is 11.0. The summed E-state index contributed by atoms with van der Waals surface area (Å²) in [7, 11) is 0. The highest BCUT2D eigenvalue weighted by Gasteiger charge is 2.06. The zero-order valence-corrected chi connectivity index (χ0v) is 12.1. The van der Waals surface area contributed by atoms with Crippen molar-refractivity contribution in [2.24, 2.45) is 0 Å². The molecule has 0 heterocycles. The number of hydrogen-bond acceptors (Lipinski definition) is 2. The van der Waals surface area contributed by atoms with E-state index >= 15 is 0 Å². The molecule has 0 amide bonds. The minimum absolute atomic E-state index is 0.289. The highest BCUT2D eigenvalue weighted by molar-refractivity contribution is 14.1. The predicted octanol–water partition coefficient (Wildman–Crippen LogP) is 1.86. The van der Waals surface area contributed by atoms with Crippen molar-refractivity contribution >= 4 is 73.7 Å². The van der Waals surface area contributed by atoms with Gasteiger partial charge in [0.1, 0.15) is 0 Å². The summed E-state index contributed by atoms with van der Waals surface area (Å²) in [6.07, 6.45) is 0. The Balaban J connectivity index is 3.38. The number of benzene rings is 1. The maximum Gasteiger partial charge on any atom is 0.0736 e. The van der Waals surface area contributed by atoms with Gasteiger partial charge in [-0.15, -0.1) is 0 Å². The molecule has 0 aliphatic carbocycles. The highest BCUT2D eigenvalue weighted by atomic mass is 127. The topological polar surface area (TPSA) is 40.1 Å². The summed E-state index contributed by atoms with van der Waals surface area (Å²) in [5.41, 5.74) is 0.289. The standard InChI is InChI=1S/C7H3I3O2/c8-3-1-4(9)6(7(11)12)5(10)2-3/h1-2H,(H,11,12)/p-1. The fraction of sp³-hybridized carbons (Fsp3) is 0. The molecule has 1 aromatic carbocycles. The largest absolute Gasteiger partial charge is 0.545 e. The van der Waals surface area contributed by atoms with Crippen LogP contribution in [0.25, 0.3) is 0 Å². The molecule has 0 aromatic heterocycles. The Labute approximate surface area is 111 Å². The molecule has 0 radical (unpaired) electrons. The van der Waals surface area contributed by atoms with E-state index in [-0.39, 0.29) is 5.56 Å². The van der Waals surface area contributed by atoms with E-state index in [4.69, 9.17) is 0 Å². The van der Waals surface area contributed by atoms with Crippen LogP contribution in [-0.2, 0) is 0 Å². The minimum Gasteiger partial charge on any atom is -0.545 e. The first-order chi connectivity index (χ1) is 5.52. The number of halogens is 3. The van der Waals surface area contributed by atoms with Crippen LogP contribution in [-0.4, -0.2) is 5.97 Å². The summed E-state index contributed by atoms with van der Waals surface area (Å²) in [6.45, 7) is 0. The molecule has 1 aromatic rings. The SMILES string of the molecule is O=C([O-])c1c(I)cc(I)cc1I. The van der Waals surface area contributed by atoms with Crippen LogP contribution in [0, 0.1) is 10.7 Å². The Morgan fingerprint density at radius 2 is 1.58 bits per heavy atom. The van der Waals surface area contributed by atoms with Gasteiger partial charge >= 0.3 is 0 Å². The lowest BCUT2D eigenvalue weighted by Crippen LogP contribution is -2.24. The number of aromatic carboxylic acids is 1. The van der Waals surface area contributed by atoms with Crippen LogP contribution in [0.2, 0.25) is 0 Å². The van der Waals surface area contributed by atoms with Crippen molar-refractivity contribution in [1.29, 1.82) is 0 Å². The van der Waals surface area contributed by atoms with Crippen molar-refractivity contribution in [1.82, 2.24) is 0 Å². The number of carbonyl (C=O) groups excluding carboxylic acids is 1. The summed E-state index contributed by atoms with van der Waals surface area (Å²) in [4.78, 5) is 10.6. The van der Waals surface area contributed by atoms with Crippen molar-refractivity contribution in [3.8, 4) is 0 Å². The molecule has 64 valence electrons. The lowest BCUT2D eigenvalue weighted by molar-refractivity contribution is -0.255. The minimum atomic E-state index is -1.11. The Bertz CT molecular complexity index is 312. The van der Waals surface area contributed by atoms with Crippen LogP contribution in [0.15, 0.2) is 12.1 Å². The third-order valence-corrected chi connectivity index (χ3v) is 3.54. The van der Waals surface area contributed by atoms with E-state index in [0.717, 1.165) is 10.7 Å². The molecular formula is C7H2I3O2-. The molecule has 12 heavy (non-hydrogen) atoms. The van der Waals surface area contributed by atoms with Gasteiger partial charge in [-0.05, 0) is 79.9 Å². The molecule has 0 aliphatic rings. The first-order valence-corrected chi connectivity index (χ1v) is 6.12. The molecular weight excluding hydrogens is 497 g/mol. The van der Waals surface area contributed by atoms with Gasteiger partial charge in [0.25, 0.3) is 0 Å². The summed E-state index contributed by atoms with van der Waals surface area (Å²) < 4.78 is 2.49. The maximum absolute atomic E-state index is 10.6. The van der Waals surface area contributed by atoms with Gasteiger partial charge in [0.2, 0.25) is 0 Å². The van der Waals surface area contributed by atoms with Gasteiger partial charge in [-0.3, -0.25) is 0 Å². The van der Waals surface area contributed by atoms with Crippen molar-refractivity contribution in [2.75, 3.05) is 0 Å². The van der Waals surface area contributed by atoms with Gasteiger partial charge in [0, 0.05) is 16.3 Å². The van der Waals surface area contributed by atoms with Crippen LogP contribution < -0.4 is 5.11 Å². The molecule has 2 nitrogen and oxygen atoms in total. The molecule has 1 rings (SSSR count). The second-order valence-electron chi connectivity index (χ2n) is 2.03. The molecule has 0 spiro atoms. The fourth-order valence-electron chi connectivity index (χ4n) is 0.737. The van der Waals surface area contributed by atoms with E-state index in [9.17, 15) is 9.90 Å². The third-order valence-electron chi connectivity index (χ3n) is 1.21. The number of carboxylic acid groups (broad SMARTS) is 1. The van der Waals surface area contributed by atoms with Crippen LogP contribution in [0.1, 0.15) is 10.4 Å². The van der Waals surface area contributed by atoms with Gasteiger partial charge < -0.3 is 9.90 Å². The second kappa shape index (κ2) is 4.40. The first-order valence-electron chi connectivity index (χ1n) is 2.88. The lowest BCUT2D eigenvalue weighted by Gasteiger charge is -2.08. The molecule has 0 bridgehead atoms. The molecule has 5 heteroatoms. The monoisotopic (exact) mass is 499 g/mol. The molecule has 0 aliphatic heterocycles. The van der Waals surface area contributed by atoms with E-state index in [0.29, 0.717) is 0 Å². The zero-order valence-electron chi connectivity index (χ0n) is 5.61. The van der Waals surface area contributed by atoms with E-state index < -0.39 is 5.97 Å². The number of carbonyl (C=O) groups is 1. The molecule has 0 saturated carbocycles. The van der Waals surface area contributed by atoms with Crippen LogP contribution >= 0.6 is 67.8 Å². The lowest BCUT2D eigenvalue weighted by atomic mass is 10.2. The van der Waals surface area contributed by atoms with Crippen LogP contribution in [0.5, 0.6) is 0 Å². The predicted molar refractivity (Wildman–Crippen MR) is 68.9 cm³/mol. The smallest absolute Gasteiger partial charge is 0.0736 e. The Kier molecular flexibility index (Phi) is 4.02. The van der Waals surface area contributed by atoms with Crippen molar-refractivity contribution < 1.29 is 9.90 Å². The second-order valence-corrected chi connectivity index (χ2v) is 5.60. The van der Waals surface area contributed by atoms with E-state index in [2.05, 4.69) is 22.6 Å². The fourth-order valence-corrected chi connectivity index (χ4v) is 4.76. The van der Waals surface area contributed by atoms with Crippen LogP contribution in [0.4, 0.5) is 0 Å². The van der Waals surface area contributed by atoms with E-state index in [1.807, 2.05) is 57.3 Å². The quantitative estimate of drug-likeness (QED) is 0.555. The van der Waals surface area contributed by atoms with Crippen molar-refractivity contribution in [3.05, 3.63) is 28.4 Å². The number of carboxylic acids is 1. The average Bonchev–Trinajstić information content (AvgIpc) is 1.82. The van der Waals surface area contributed by atoms with Crippen molar-refractivity contribution in [2.45, 2.75) is 0 Å². The Hall–Kier alpha value is 0.880. The molecule has 0 N–H and O–H groups in total. The Morgan fingerprint density at radius 3 is 1.92 bits per heavy atom. The highest BCUT2D eigenvalue weighted by Crippen LogP contribution is 2.21. The van der Waals surface area contributed by atoms with Gasteiger partial charge in [-0.25, -0.2) is 0 Å². The van der Waals surface area contributed by atoms with E-state index in [1.165, 1.54) is 0 Å². The van der Waals surface area contributed by atoms with Gasteiger partial charge in [0.15, 0.2) is 0 Å². The summed E-state index contributed by atoms with van der Waals surface area (Å²) in [5, 5.41) is 10.6. The molecule has 0 unspecified atom stereocenters. The van der Waals surface area contributed by atoms with E-state index in [1.54, 1.807) is 0 Å². The summed E-state index contributed by atoms with van der Waals surface area (Å²) >= 11 is 6.14. The zero-order chi connectivity index (χ0) is 9.30. The Morgan fingerprint density at radius 1 is 1.17 bits per heavy atom. The summed E-state index contributed by atoms with van der Waals surface area (Å²) in [5.74, 6) is -1.11. The van der Waals surface area contributed by atoms with Crippen LogP contribution in [0.3, 0.4) is 0 Å². The molecule has 0 saturated heterocycles.